The van der Waals surface area contributed by atoms with Gasteiger partial charge in [0.15, 0.2) is 0 Å². The Balaban J connectivity index is 3.37. The van der Waals surface area contributed by atoms with Gasteiger partial charge in [-0.3, -0.25) is 0 Å². The second kappa shape index (κ2) is 5.21. The molecule has 0 radical (unpaired) electrons. The van der Waals surface area contributed by atoms with Crippen molar-refractivity contribution in [2.75, 3.05) is 13.6 Å². The summed E-state index contributed by atoms with van der Waals surface area (Å²) in [5, 5.41) is 8.87. The number of sulfonamides is 1. The molecule has 6 heteroatoms. The smallest absolute Gasteiger partial charge is 0.335 e. The minimum Gasteiger partial charge on any atom is -0.478 e. The fourth-order valence-electron chi connectivity index (χ4n) is 1.39. The summed E-state index contributed by atoms with van der Waals surface area (Å²) >= 11 is 0. The van der Waals surface area contributed by atoms with E-state index in [1.54, 1.807) is 6.92 Å². The maximum Gasteiger partial charge on any atom is 0.335 e. The maximum absolute atomic E-state index is 12.2. The van der Waals surface area contributed by atoms with Crippen molar-refractivity contribution in [1.29, 1.82) is 0 Å². The fraction of sp³-hybridized carbons (Fsp3) is 0.250. The first kappa shape index (κ1) is 14.2. The van der Waals surface area contributed by atoms with E-state index >= 15 is 0 Å². The summed E-state index contributed by atoms with van der Waals surface area (Å²) < 4.78 is 25.3. The van der Waals surface area contributed by atoms with Crippen molar-refractivity contribution in [3.63, 3.8) is 0 Å². The number of terminal acetylenes is 1. The largest absolute Gasteiger partial charge is 0.478 e. The van der Waals surface area contributed by atoms with Gasteiger partial charge in [0, 0.05) is 7.05 Å². The Hall–Kier alpha value is -1.84. The van der Waals surface area contributed by atoms with E-state index in [-0.39, 0.29) is 17.0 Å². The molecule has 0 aliphatic heterocycles. The van der Waals surface area contributed by atoms with E-state index in [0.29, 0.717) is 5.56 Å². The summed E-state index contributed by atoms with van der Waals surface area (Å²) in [6.07, 6.45) is 5.07. The van der Waals surface area contributed by atoms with Crippen molar-refractivity contribution in [1.82, 2.24) is 4.31 Å². The third kappa shape index (κ3) is 2.70. The van der Waals surface area contributed by atoms with Gasteiger partial charge < -0.3 is 5.11 Å². The minimum atomic E-state index is -3.76. The number of carbonyl (C=O) groups is 1. The zero-order chi connectivity index (χ0) is 13.9. The van der Waals surface area contributed by atoms with Crippen molar-refractivity contribution < 1.29 is 18.3 Å². The Morgan fingerprint density at radius 3 is 2.61 bits per heavy atom. The van der Waals surface area contributed by atoms with Crippen molar-refractivity contribution in [2.45, 2.75) is 11.8 Å². The molecule has 0 aliphatic carbocycles. The Bertz CT molecular complexity index is 613. The van der Waals surface area contributed by atoms with Gasteiger partial charge in [-0.1, -0.05) is 12.0 Å². The molecule has 0 aromatic heterocycles. The zero-order valence-electron chi connectivity index (χ0n) is 10.0. The standard InChI is InChI=1S/C12H13NO4S/c1-4-7-13(3)18(16,17)11-8-10(12(14)15)6-5-9(11)2/h1,5-6,8H,7H2,2-3H3,(H,14,15). The molecule has 0 spiro atoms. The number of carboxylic acids is 1. The molecule has 0 bridgehead atoms. The average Bonchev–Trinajstić information content (AvgIpc) is 2.29. The van der Waals surface area contributed by atoms with Crippen LogP contribution in [-0.4, -0.2) is 37.4 Å². The third-order valence-corrected chi connectivity index (χ3v) is 4.38. The van der Waals surface area contributed by atoms with Crippen molar-refractivity contribution in [3.8, 4) is 12.3 Å². The van der Waals surface area contributed by atoms with E-state index in [1.807, 2.05) is 0 Å². The lowest BCUT2D eigenvalue weighted by molar-refractivity contribution is 0.0696. The molecule has 0 heterocycles. The molecule has 96 valence electrons. The van der Waals surface area contributed by atoms with Crippen LogP contribution in [0.15, 0.2) is 23.1 Å². The summed E-state index contributed by atoms with van der Waals surface area (Å²) in [6.45, 7) is 1.53. The lowest BCUT2D eigenvalue weighted by Gasteiger charge is -2.16. The van der Waals surface area contributed by atoms with Gasteiger partial charge in [0.05, 0.1) is 17.0 Å². The Labute approximate surface area is 106 Å². The summed E-state index contributed by atoms with van der Waals surface area (Å²) in [5.41, 5.74) is 0.400. The van der Waals surface area contributed by atoms with E-state index < -0.39 is 16.0 Å². The summed E-state index contributed by atoms with van der Waals surface area (Å²) in [5.74, 6) is 1.06. The lowest BCUT2D eigenvalue weighted by Crippen LogP contribution is -2.28. The van der Waals surface area contributed by atoms with E-state index in [4.69, 9.17) is 11.5 Å². The van der Waals surface area contributed by atoms with Crippen LogP contribution in [0, 0.1) is 19.3 Å². The van der Waals surface area contributed by atoms with Crippen LogP contribution < -0.4 is 0 Å². The molecular formula is C12H13NO4S. The Morgan fingerprint density at radius 2 is 2.11 bits per heavy atom. The molecule has 1 aromatic carbocycles. The first-order valence-electron chi connectivity index (χ1n) is 5.04. The highest BCUT2D eigenvalue weighted by Gasteiger charge is 2.23. The molecule has 1 rings (SSSR count). The molecule has 0 aliphatic rings. The summed E-state index contributed by atoms with van der Waals surface area (Å²) in [6, 6.07) is 3.96. The van der Waals surface area contributed by atoms with Crippen LogP contribution in [0.3, 0.4) is 0 Å². The molecular weight excluding hydrogens is 254 g/mol. The van der Waals surface area contributed by atoms with Crippen molar-refractivity contribution >= 4 is 16.0 Å². The van der Waals surface area contributed by atoms with Crippen LogP contribution in [0.5, 0.6) is 0 Å². The SMILES string of the molecule is C#CCN(C)S(=O)(=O)c1cc(C(=O)O)ccc1C. The van der Waals surface area contributed by atoms with Crippen LogP contribution in [0.2, 0.25) is 0 Å². The van der Waals surface area contributed by atoms with Crippen LogP contribution in [-0.2, 0) is 10.0 Å². The second-order valence-corrected chi connectivity index (χ2v) is 5.76. The number of hydrogen-bond acceptors (Lipinski definition) is 3. The normalized spacial score (nSPS) is 11.2. The van der Waals surface area contributed by atoms with Gasteiger partial charge >= 0.3 is 5.97 Å². The fourth-order valence-corrected chi connectivity index (χ4v) is 2.72. The average molecular weight is 267 g/mol. The second-order valence-electron chi connectivity index (χ2n) is 3.75. The maximum atomic E-state index is 12.2. The molecule has 0 fully saturated rings. The molecule has 0 atom stereocenters. The molecule has 18 heavy (non-hydrogen) atoms. The quantitative estimate of drug-likeness (QED) is 0.824. The van der Waals surface area contributed by atoms with Gasteiger partial charge in [0.1, 0.15) is 0 Å². The first-order chi connectivity index (χ1) is 8.30. The lowest BCUT2D eigenvalue weighted by atomic mass is 10.1. The number of benzene rings is 1. The van der Waals surface area contributed by atoms with E-state index in [0.717, 1.165) is 10.4 Å². The van der Waals surface area contributed by atoms with Crippen LogP contribution in [0.25, 0.3) is 0 Å². The predicted molar refractivity (Wildman–Crippen MR) is 66.8 cm³/mol. The molecule has 5 nitrogen and oxygen atoms in total. The zero-order valence-corrected chi connectivity index (χ0v) is 10.9. The molecule has 1 aromatic rings. The van der Waals surface area contributed by atoms with Crippen LogP contribution in [0.4, 0.5) is 0 Å². The van der Waals surface area contributed by atoms with Gasteiger partial charge in [-0.15, -0.1) is 6.42 Å². The monoisotopic (exact) mass is 267 g/mol. The van der Waals surface area contributed by atoms with Gasteiger partial charge in [-0.05, 0) is 24.6 Å². The number of aromatic carboxylic acids is 1. The van der Waals surface area contributed by atoms with E-state index in [9.17, 15) is 13.2 Å². The Kier molecular flexibility index (Phi) is 4.11. The summed E-state index contributed by atoms with van der Waals surface area (Å²) in [4.78, 5) is 10.8. The first-order valence-corrected chi connectivity index (χ1v) is 6.48. The number of hydrogen-bond donors (Lipinski definition) is 1. The Morgan fingerprint density at radius 1 is 1.50 bits per heavy atom. The molecule has 0 unspecified atom stereocenters. The van der Waals surface area contributed by atoms with Gasteiger partial charge in [-0.2, -0.15) is 4.31 Å². The van der Waals surface area contributed by atoms with E-state index in [1.165, 1.54) is 19.2 Å². The van der Waals surface area contributed by atoms with Gasteiger partial charge in [0.2, 0.25) is 10.0 Å². The number of carboxylic acid groups (broad SMARTS) is 1. The number of aryl methyl sites for hydroxylation is 1. The highest BCUT2D eigenvalue weighted by Crippen LogP contribution is 2.20. The summed E-state index contributed by atoms with van der Waals surface area (Å²) in [7, 11) is -2.41. The molecule has 0 amide bonds. The minimum absolute atomic E-state index is 0.0415. The van der Waals surface area contributed by atoms with E-state index in [2.05, 4.69) is 5.92 Å². The molecule has 0 saturated heterocycles. The predicted octanol–water partition coefficient (Wildman–Crippen LogP) is 0.947. The van der Waals surface area contributed by atoms with Crippen molar-refractivity contribution in [3.05, 3.63) is 29.3 Å². The third-order valence-electron chi connectivity index (χ3n) is 2.44. The topological polar surface area (TPSA) is 74.7 Å². The highest BCUT2D eigenvalue weighted by molar-refractivity contribution is 7.89. The molecule has 1 N–H and O–H groups in total. The molecule has 0 saturated carbocycles. The number of nitrogens with zero attached hydrogens (tertiary/aromatic N) is 1. The van der Waals surface area contributed by atoms with Crippen molar-refractivity contribution in [2.24, 2.45) is 0 Å². The number of rotatable bonds is 4. The van der Waals surface area contributed by atoms with Crippen LogP contribution in [0.1, 0.15) is 15.9 Å². The van der Waals surface area contributed by atoms with Crippen LogP contribution >= 0.6 is 0 Å². The van der Waals surface area contributed by atoms with Gasteiger partial charge in [-0.25, -0.2) is 13.2 Å². The highest BCUT2D eigenvalue weighted by atomic mass is 32.2. The van der Waals surface area contributed by atoms with Gasteiger partial charge in [0.25, 0.3) is 0 Å².